The van der Waals surface area contributed by atoms with Crippen LogP contribution in [0.1, 0.15) is 26.3 Å². The molecule has 0 atom stereocenters. The van der Waals surface area contributed by atoms with Crippen LogP contribution in [0.15, 0.2) is 107 Å². The Morgan fingerprint density at radius 2 is 1.88 bits per heavy atom. The Hall–Kier alpha value is -4.64. The fourth-order valence-electron chi connectivity index (χ4n) is 4.60. The van der Waals surface area contributed by atoms with Crippen molar-refractivity contribution >= 4 is 50.9 Å². The van der Waals surface area contributed by atoms with E-state index in [2.05, 4.69) is 19.9 Å². The number of allylic oxidation sites excluding steroid dienone is 5. The van der Waals surface area contributed by atoms with Crippen LogP contribution < -0.4 is 4.74 Å². The van der Waals surface area contributed by atoms with Gasteiger partial charge >= 0.3 is 6.36 Å². The first kappa shape index (κ1) is 28.9. The highest BCUT2D eigenvalue weighted by atomic mass is 32.2. The van der Waals surface area contributed by atoms with Crippen LogP contribution in [-0.4, -0.2) is 43.9 Å². The van der Waals surface area contributed by atoms with Gasteiger partial charge in [-0.05, 0) is 73.7 Å². The molecule has 0 spiro atoms. The van der Waals surface area contributed by atoms with Gasteiger partial charge in [-0.25, -0.2) is 4.98 Å². The second-order valence-corrected chi connectivity index (χ2v) is 10.2. The van der Waals surface area contributed by atoms with Crippen LogP contribution in [0.3, 0.4) is 0 Å². The number of hydrogen-bond acceptors (Lipinski definition) is 6. The van der Waals surface area contributed by atoms with Gasteiger partial charge in [0, 0.05) is 16.8 Å². The van der Waals surface area contributed by atoms with E-state index in [4.69, 9.17) is 0 Å². The first-order valence-electron chi connectivity index (χ1n) is 13.0. The van der Waals surface area contributed by atoms with E-state index in [0.29, 0.717) is 16.6 Å². The molecule has 5 rings (SSSR count). The molecule has 1 aliphatic rings. The fourth-order valence-corrected chi connectivity index (χ4v) is 5.42. The summed E-state index contributed by atoms with van der Waals surface area (Å²) in [7, 11) is 0. The largest absolute Gasteiger partial charge is 0.573 e. The lowest BCUT2D eigenvalue weighted by atomic mass is 10.1. The first-order valence-corrected chi connectivity index (χ1v) is 14.0. The van der Waals surface area contributed by atoms with Gasteiger partial charge in [-0.2, -0.15) is 5.10 Å². The van der Waals surface area contributed by atoms with Crippen molar-refractivity contribution in [3.8, 4) is 11.4 Å². The molecule has 42 heavy (non-hydrogen) atoms. The lowest BCUT2D eigenvalue weighted by Gasteiger charge is -2.19. The van der Waals surface area contributed by atoms with Crippen LogP contribution in [0.5, 0.6) is 5.75 Å². The summed E-state index contributed by atoms with van der Waals surface area (Å²) < 4.78 is 43.3. The van der Waals surface area contributed by atoms with Crippen molar-refractivity contribution in [1.82, 2.24) is 14.5 Å². The van der Waals surface area contributed by atoms with Gasteiger partial charge in [0.1, 0.15) is 12.1 Å². The molecule has 214 valence electrons. The maximum atomic E-state index is 12.6. The number of amides is 1. The molecular weight excluding hydrogens is 563 g/mol. The molecule has 2 heterocycles. The molecule has 11 heteroatoms. The van der Waals surface area contributed by atoms with Gasteiger partial charge in [0.05, 0.1) is 23.0 Å². The molecule has 4 aromatic rings. The number of hydrogen-bond donors (Lipinski definition) is 0. The average Bonchev–Trinajstić information content (AvgIpc) is 3.56. The molecule has 0 radical (unpaired) electrons. The zero-order chi connectivity index (χ0) is 29.9. The van der Waals surface area contributed by atoms with Gasteiger partial charge in [-0.15, -0.1) is 18.3 Å². The minimum Gasteiger partial charge on any atom is -0.406 e. The third kappa shape index (κ3) is 6.15. The number of carbonyl (C=O) groups is 1. The number of imidazole rings is 1. The SMILES string of the molecule is C\C=C/C=C(C)\C(=C\C)N1C(=O)CS/C1=N\N=C\c1ccc2c(ccc3c2ncn3-c2ccc(OC(F)(F)F)cc2)c1. The summed E-state index contributed by atoms with van der Waals surface area (Å²) in [5, 5.41) is 11.0. The molecule has 3 aromatic carbocycles. The standard InChI is InChI=1S/C31H26F3N5O2S/c1-4-6-7-20(3)26(5-2)39-28(40)18-42-30(39)37-36-17-21-8-14-25-22(16-21)9-15-27-29(25)35-19-38(27)23-10-12-24(13-11-23)41-31(32,33)34/h4-17,19H,18H2,1-3H3/b6-4-,20-7-,26-5-,36-17+,37-30-. The summed E-state index contributed by atoms with van der Waals surface area (Å²) >= 11 is 1.35. The summed E-state index contributed by atoms with van der Waals surface area (Å²) in [6.45, 7) is 5.77. The van der Waals surface area contributed by atoms with E-state index in [0.717, 1.165) is 38.6 Å². The number of nitrogens with zero attached hydrogens (tertiary/aromatic N) is 5. The molecule has 1 saturated heterocycles. The topological polar surface area (TPSA) is 72.1 Å². The Kier molecular flexibility index (Phi) is 8.30. The van der Waals surface area contributed by atoms with Crippen LogP contribution in [0.4, 0.5) is 13.2 Å². The van der Waals surface area contributed by atoms with Gasteiger partial charge < -0.3 is 4.74 Å². The third-order valence-electron chi connectivity index (χ3n) is 6.48. The van der Waals surface area contributed by atoms with E-state index in [1.54, 1.807) is 34.1 Å². The second kappa shape index (κ2) is 12.1. The fraction of sp³-hybridized carbons (Fsp3) is 0.161. The number of thioether (sulfide) groups is 1. The molecule has 0 aliphatic carbocycles. The number of rotatable bonds is 7. The minimum atomic E-state index is -4.74. The van der Waals surface area contributed by atoms with E-state index in [1.807, 2.05) is 75.4 Å². The smallest absolute Gasteiger partial charge is 0.406 e. The summed E-state index contributed by atoms with van der Waals surface area (Å²) in [5.74, 6) is -0.0351. The Balaban J connectivity index is 1.38. The van der Waals surface area contributed by atoms with Crippen LogP contribution in [-0.2, 0) is 4.79 Å². The van der Waals surface area contributed by atoms with Crippen molar-refractivity contribution in [2.75, 3.05) is 5.75 Å². The number of alkyl halides is 3. The van der Waals surface area contributed by atoms with Crippen molar-refractivity contribution in [2.24, 2.45) is 10.2 Å². The van der Waals surface area contributed by atoms with Crippen molar-refractivity contribution in [3.63, 3.8) is 0 Å². The predicted molar refractivity (Wildman–Crippen MR) is 162 cm³/mol. The van der Waals surface area contributed by atoms with Gasteiger partial charge in [-0.3, -0.25) is 14.3 Å². The zero-order valence-corrected chi connectivity index (χ0v) is 23.8. The monoisotopic (exact) mass is 589 g/mol. The number of carbonyl (C=O) groups excluding carboxylic acids is 1. The van der Waals surface area contributed by atoms with E-state index < -0.39 is 6.36 Å². The number of benzene rings is 3. The first-order chi connectivity index (χ1) is 20.2. The van der Waals surface area contributed by atoms with Crippen molar-refractivity contribution in [1.29, 1.82) is 0 Å². The number of halogens is 3. The van der Waals surface area contributed by atoms with E-state index in [-0.39, 0.29) is 11.7 Å². The highest BCUT2D eigenvalue weighted by Crippen LogP contribution is 2.30. The number of aromatic nitrogens is 2. The second-order valence-electron chi connectivity index (χ2n) is 9.26. The maximum Gasteiger partial charge on any atom is 0.573 e. The summed E-state index contributed by atoms with van der Waals surface area (Å²) in [5.41, 5.74) is 4.75. The van der Waals surface area contributed by atoms with Crippen LogP contribution in [0.2, 0.25) is 0 Å². The van der Waals surface area contributed by atoms with Crippen molar-refractivity contribution < 1.29 is 22.7 Å². The van der Waals surface area contributed by atoms with E-state index >= 15 is 0 Å². The molecule has 1 fully saturated rings. The van der Waals surface area contributed by atoms with Gasteiger partial charge in [0.15, 0.2) is 5.17 Å². The number of ether oxygens (including phenoxy) is 1. The third-order valence-corrected chi connectivity index (χ3v) is 7.39. The zero-order valence-electron chi connectivity index (χ0n) is 23.0. The molecular formula is C31H26F3N5O2S. The minimum absolute atomic E-state index is 0.0463. The Morgan fingerprint density at radius 3 is 2.60 bits per heavy atom. The van der Waals surface area contributed by atoms with E-state index in [9.17, 15) is 18.0 Å². The number of fused-ring (bicyclic) bond motifs is 3. The summed E-state index contributed by atoms with van der Waals surface area (Å²) in [6, 6.07) is 15.3. The molecule has 7 nitrogen and oxygen atoms in total. The van der Waals surface area contributed by atoms with Crippen molar-refractivity contribution in [3.05, 3.63) is 102 Å². The van der Waals surface area contributed by atoms with Crippen LogP contribution >= 0.6 is 11.8 Å². The van der Waals surface area contributed by atoms with Crippen LogP contribution in [0, 0.1) is 0 Å². The maximum absolute atomic E-state index is 12.6. The van der Waals surface area contributed by atoms with Gasteiger partial charge in [-0.1, -0.05) is 54.3 Å². The highest BCUT2D eigenvalue weighted by Gasteiger charge is 2.32. The Morgan fingerprint density at radius 1 is 1.10 bits per heavy atom. The van der Waals surface area contributed by atoms with Crippen molar-refractivity contribution in [2.45, 2.75) is 27.1 Å². The molecule has 0 bridgehead atoms. The summed E-state index contributed by atoms with van der Waals surface area (Å²) in [6.07, 6.45) is 6.22. The lowest BCUT2D eigenvalue weighted by molar-refractivity contribution is -0.274. The number of amidine groups is 1. The highest BCUT2D eigenvalue weighted by molar-refractivity contribution is 8.15. The molecule has 0 N–H and O–H groups in total. The molecule has 1 amide bonds. The molecule has 0 unspecified atom stereocenters. The normalized spacial score (nSPS) is 16.3. The Labute approximate surface area is 244 Å². The molecule has 0 saturated carbocycles. The van der Waals surface area contributed by atoms with Gasteiger partial charge in [0.2, 0.25) is 5.91 Å². The quantitative estimate of drug-likeness (QED) is 0.125. The van der Waals surface area contributed by atoms with E-state index in [1.165, 1.54) is 23.9 Å². The molecule has 1 aromatic heterocycles. The molecule has 1 aliphatic heterocycles. The van der Waals surface area contributed by atoms with Gasteiger partial charge in [0.25, 0.3) is 0 Å². The predicted octanol–water partition coefficient (Wildman–Crippen LogP) is 7.77. The Bertz CT molecular complexity index is 1800. The summed E-state index contributed by atoms with van der Waals surface area (Å²) in [4.78, 5) is 18.8. The lowest BCUT2D eigenvalue weighted by Crippen LogP contribution is -2.29. The average molecular weight is 590 g/mol. The van der Waals surface area contributed by atoms with Crippen LogP contribution in [0.25, 0.3) is 27.5 Å².